The zero-order valence-corrected chi connectivity index (χ0v) is 18.9. The van der Waals surface area contributed by atoms with Crippen molar-refractivity contribution in [3.05, 3.63) is 93.5 Å². The minimum absolute atomic E-state index is 0.0192. The maximum Gasteiger partial charge on any atom is 0.269 e. The van der Waals surface area contributed by atoms with Crippen LogP contribution in [0.3, 0.4) is 0 Å². The van der Waals surface area contributed by atoms with Gasteiger partial charge < -0.3 is 15.7 Å². The third-order valence-electron chi connectivity index (χ3n) is 5.00. The van der Waals surface area contributed by atoms with E-state index in [9.17, 15) is 15.2 Å². The van der Waals surface area contributed by atoms with Gasteiger partial charge in [-0.2, -0.15) is 20.1 Å². The van der Waals surface area contributed by atoms with Gasteiger partial charge >= 0.3 is 0 Å². The van der Waals surface area contributed by atoms with E-state index in [-0.39, 0.29) is 29.3 Å². The largest absolute Gasteiger partial charge is 0.508 e. The summed E-state index contributed by atoms with van der Waals surface area (Å²) in [5, 5.41) is 30.7. The smallest absolute Gasteiger partial charge is 0.269 e. The molecule has 3 aromatic carbocycles. The molecule has 0 fully saturated rings. The SMILES string of the molecule is Cc1ccc(Nc2nc(NN=Cc3ccc(O)cc3)nc(Nc3ccc([N+](=O)[O-])cc3)n2)cc1C. The van der Waals surface area contributed by atoms with Crippen LogP contribution in [0.15, 0.2) is 71.8 Å². The number of aromatic hydroxyl groups is 1. The first-order valence-corrected chi connectivity index (χ1v) is 10.6. The zero-order valence-electron chi connectivity index (χ0n) is 18.9. The van der Waals surface area contributed by atoms with Crippen LogP contribution in [0.25, 0.3) is 0 Å². The van der Waals surface area contributed by atoms with Gasteiger partial charge in [-0.1, -0.05) is 6.07 Å². The fourth-order valence-electron chi connectivity index (χ4n) is 3.01. The van der Waals surface area contributed by atoms with Crippen LogP contribution in [-0.4, -0.2) is 31.2 Å². The quantitative estimate of drug-likeness (QED) is 0.158. The lowest BCUT2D eigenvalue weighted by Crippen LogP contribution is -2.07. The first-order valence-electron chi connectivity index (χ1n) is 10.6. The lowest BCUT2D eigenvalue weighted by molar-refractivity contribution is -0.384. The average molecular weight is 470 g/mol. The van der Waals surface area contributed by atoms with E-state index >= 15 is 0 Å². The van der Waals surface area contributed by atoms with Crippen molar-refractivity contribution in [2.75, 3.05) is 16.1 Å². The molecule has 1 heterocycles. The van der Waals surface area contributed by atoms with Gasteiger partial charge in [0.1, 0.15) is 5.75 Å². The van der Waals surface area contributed by atoms with Gasteiger partial charge in [0.25, 0.3) is 5.69 Å². The Hall–Kier alpha value is -5.06. The van der Waals surface area contributed by atoms with Crippen molar-refractivity contribution in [1.82, 2.24) is 15.0 Å². The highest BCUT2D eigenvalue weighted by molar-refractivity contribution is 5.80. The number of anilines is 5. The first-order chi connectivity index (χ1) is 16.9. The normalized spacial score (nSPS) is 10.8. The molecule has 4 aromatic rings. The summed E-state index contributed by atoms with van der Waals surface area (Å²) in [6.45, 7) is 4.04. The lowest BCUT2D eigenvalue weighted by atomic mass is 10.1. The van der Waals surface area contributed by atoms with Crippen LogP contribution in [0.4, 0.5) is 34.9 Å². The topological polar surface area (TPSA) is 150 Å². The Bertz CT molecular complexity index is 1370. The van der Waals surface area contributed by atoms with Gasteiger partial charge in [0, 0.05) is 23.5 Å². The van der Waals surface area contributed by atoms with E-state index in [4.69, 9.17) is 0 Å². The summed E-state index contributed by atoms with van der Waals surface area (Å²) < 4.78 is 0. The second kappa shape index (κ2) is 10.3. The second-order valence-corrected chi connectivity index (χ2v) is 7.62. The fourth-order valence-corrected chi connectivity index (χ4v) is 3.01. The van der Waals surface area contributed by atoms with Gasteiger partial charge in [-0.15, -0.1) is 0 Å². The molecular weight excluding hydrogens is 448 g/mol. The minimum atomic E-state index is -0.466. The number of hydrogen-bond acceptors (Lipinski definition) is 10. The molecular formula is C24H22N8O3. The van der Waals surface area contributed by atoms with Crippen LogP contribution in [0.2, 0.25) is 0 Å². The summed E-state index contributed by atoms with van der Waals surface area (Å²) in [6, 6.07) is 18.3. The summed E-state index contributed by atoms with van der Waals surface area (Å²) >= 11 is 0. The Balaban J connectivity index is 1.59. The van der Waals surface area contributed by atoms with Crippen molar-refractivity contribution in [3.63, 3.8) is 0 Å². The predicted molar refractivity (Wildman–Crippen MR) is 135 cm³/mol. The number of aryl methyl sites for hydroxylation is 2. The summed E-state index contributed by atoms with van der Waals surface area (Å²) in [5.74, 6) is 0.819. The van der Waals surface area contributed by atoms with Crippen LogP contribution in [0.5, 0.6) is 5.75 Å². The highest BCUT2D eigenvalue weighted by atomic mass is 16.6. The number of hydrazone groups is 1. The molecule has 0 radical (unpaired) electrons. The maximum atomic E-state index is 10.9. The summed E-state index contributed by atoms with van der Waals surface area (Å²) in [4.78, 5) is 23.6. The molecule has 0 spiro atoms. The molecule has 176 valence electrons. The molecule has 0 bridgehead atoms. The van der Waals surface area contributed by atoms with E-state index in [0.717, 1.165) is 22.4 Å². The van der Waals surface area contributed by atoms with Crippen molar-refractivity contribution in [1.29, 1.82) is 0 Å². The number of rotatable bonds is 8. The number of phenolic OH excluding ortho intramolecular Hbond substituents is 1. The average Bonchev–Trinajstić information content (AvgIpc) is 2.83. The number of phenols is 1. The van der Waals surface area contributed by atoms with Gasteiger partial charge in [-0.3, -0.25) is 10.1 Å². The third kappa shape index (κ3) is 6.26. The van der Waals surface area contributed by atoms with Crippen LogP contribution in [0.1, 0.15) is 16.7 Å². The van der Waals surface area contributed by atoms with E-state index in [1.165, 1.54) is 12.1 Å². The van der Waals surface area contributed by atoms with E-state index in [2.05, 4.69) is 36.1 Å². The van der Waals surface area contributed by atoms with E-state index in [1.54, 1.807) is 42.6 Å². The molecule has 35 heavy (non-hydrogen) atoms. The van der Waals surface area contributed by atoms with Gasteiger partial charge in [0.05, 0.1) is 11.1 Å². The Morgan fingerprint density at radius 1 is 0.829 bits per heavy atom. The molecule has 4 N–H and O–H groups in total. The Morgan fingerprint density at radius 3 is 2.06 bits per heavy atom. The number of nitro groups is 1. The zero-order chi connectivity index (χ0) is 24.8. The maximum absolute atomic E-state index is 10.9. The van der Waals surface area contributed by atoms with Gasteiger partial charge in [0.15, 0.2) is 0 Å². The number of nitrogens with zero attached hydrogens (tertiary/aromatic N) is 5. The van der Waals surface area contributed by atoms with Crippen molar-refractivity contribution in [2.45, 2.75) is 13.8 Å². The Morgan fingerprint density at radius 2 is 1.43 bits per heavy atom. The number of benzene rings is 3. The van der Waals surface area contributed by atoms with Crippen LogP contribution >= 0.6 is 0 Å². The minimum Gasteiger partial charge on any atom is -0.508 e. The van der Waals surface area contributed by atoms with E-state index in [0.29, 0.717) is 5.69 Å². The molecule has 0 atom stereocenters. The van der Waals surface area contributed by atoms with E-state index < -0.39 is 4.92 Å². The summed E-state index contributed by atoms with van der Waals surface area (Å²) in [6.07, 6.45) is 1.56. The summed E-state index contributed by atoms with van der Waals surface area (Å²) in [5.41, 5.74) is 7.18. The number of hydrogen-bond donors (Lipinski definition) is 4. The monoisotopic (exact) mass is 470 g/mol. The van der Waals surface area contributed by atoms with Crippen molar-refractivity contribution >= 4 is 41.1 Å². The molecule has 1 aromatic heterocycles. The standard InChI is InChI=1S/C24H22N8O3/c1-15-3-6-19(13-16(15)2)27-23-28-22(26-18-7-9-20(10-8-18)32(34)35)29-24(30-23)31-25-14-17-4-11-21(33)12-5-17/h3-14,33H,1-2H3,(H3,26,27,28,29,30,31). The molecule has 0 saturated carbocycles. The highest BCUT2D eigenvalue weighted by Gasteiger charge is 2.10. The van der Waals surface area contributed by atoms with E-state index in [1.807, 2.05) is 32.0 Å². The van der Waals surface area contributed by atoms with Crippen LogP contribution in [0, 0.1) is 24.0 Å². The summed E-state index contributed by atoms with van der Waals surface area (Å²) in [7, 11) is 0. The number of aromatic nitrogens is 3. The van der Waals surface area contributed by atoms with Crippen molar-refractivity contribution in [3.8, 4) is 5.75 Å². The third-order valence-corrected chi connectivity index (χ3v) is 5.00. The van der Waals surface area contributed by atoms with Gasteiger partial charge in [-0.05, 0) is 79.1 Å². The van der Waals surface area contributed by atoms with Crippen LogP contribution in [-0.2, 0) is 0 Å². The van der Waals surface area contributed by atoms with Crippen molar-refractivity contribution in [2.24, 2.45) is 5.10 Å². The van der Waals surface area contributed by atoms with Gasteiger partial charge in [0.2, 0.25) is 17.8 Å². The number of non-ortho nitro benzene ring substituents is 1. The number of nitro benzene ring substituents is 1. The lowest BCUT2D eigenvalue weighted by Gasteiger charge is -2.11. The molecule has 0 aliphatic heterocycles. The van der Waals surface area contributed by atoms with Crippen molar-refractivity contribution < 1.29 is 10.0 Å². The molecule has 0 saturated heterocycles. The van der Waals surface area contributed by atoms with Gasteiger partial charge in [-0.25, -0.2) is 5.43 Å². The molecule has 0 aliphatic carbocycles. The highest BCUT2D eigenvalue weighted by Crippen LogP contribution is 2.22. The Kier molecular flexibility index (Phi) is 6.77. The molecule has 0 aliphatic rings. The fraction of sp³-hybridized carbons (Fsp3) is 0.0833. The number of nitrogens with one attached hydrogen (secondary N) is 3. The second-order valence-electron chi connectivity index (χ2n) is 7.62. The molecule has 11 heteroatoms. The molecule has 4 rings (SSSR count). The predicted octanol–water partition coefficient (Wildman–Crippen LogP) is 5.04. The first kappa shape index (κ1) is 23.1. The molecule has 11 nitrogen and oxygen atoms in total. The molecule has 0 unspecified atom stereocenters. The molecule has 0 amide bonds. The Labute approximate surface area is 200 Å². The van der Waals surface area contributed by atoms with Crippen LogP contribution < -0.4 is 16.1 Å².